The molecule has 3 heteroatoms. The van der Waals surface area contributed by atoms with E-state index in [-0.39, 0.29) is 5.91 Å². The van der Waals surface area contributed by atoms with E-state index in [9.17, 15) is 4.79 Å². The molecule has 1 atom stereocenters. The van der Waals surface area contributed by atoms with Crippen molar-refractivity contribution in [2.24, 2.45) is 0 Å². The van der Waals surface area contributed by atoms with E-state index in [1.54, 1.807) is 11.1 Å². The monoisotopic (exact) mass is 141 g/mol. The predicted molar refractivity (Wildman–Crippen MR) is 40.2 cm³/mol. The summed E-state index contributed by atoms with van der Waals surface area (Å²) in [6.45, 7) is 4.43. The molecule has 0 aromatic heterocycles. The predicted octanol–water partition coefficient (Wildman–Crippen LogP) is -0.484. The minimum atomic E-state index is 0.275. The first kappa shape index (κ1) is 6.55. The molecule has 0 N–H and O–H groups in total. The van der Waals surface area contributed by atoms with Gasteiger partial charge in [0.25, 0.3) is 0 Å². The summed E-state index contributed by atoms with van der Waals surface area (Å²) in [4.78, 5) is 12.7. The molecule has 9 heavy (non-hydrogen) atoms. The van der Waals surface area contributed by atoms with Crippen LogP contribution in [0, 0.1) is 0 Å². The van der Waals surface area contributed by atoms with Crippen molar-refractivity contribution in [2.75, 3.05) is 6.54 Å². The summed E-state index contributed by atoms with van der Waals surface area (Å²) >= 11 is 0. The molecule has 1 aliphatic rings. The fourth-order valence-corrected chi connectivity index (χ4v) is 1.62. The quantitative estimate of drug-likeness (QED) is 0.452. The fourth-order valence-electron chi connectivity index (χ4n) is 1.03. The van der Waals surface area contributed by atoms with Crippen molar-refractivity contribution in [3.05, 3.63) is 12.8 Å². The van der Waals surface area contributed by atoms with Crippen LogP contribution in [-0.2, 0) is 4.79 Å². The van der Waals surface area contributed by atoms with Gasteiger partial charge in [0.2, 0.25) is 5.91 Å². The summed E-state index contributed by atoms with van der Waals surface area (Å²) in [7, 11) is 0.991. The molecule has 0 saturated carbocycles. The first-order chi connectivity index (χ1) is 4.25. The molecule has 50 valence electrons. The van der Waals surface area contributed by atoms with Crippen molar-refractivity contribution >= 4 is 16.1 Å². The van der Waals surface area contributed by atoms with Crippen LogP contribution in [0.3, 0.4) is 0 Å². The van der Waals surface area contributed by atoms with Gasteiger partial charge in [0.15, 0.2) is 0 Å². The SMILES string of the molecule is C=CN1CCC([SiH3])C1=O. The molecule has 0 aromatic carbocycles. The van der Waals surface area contributed by atoms with E-state index in [2.05, 4.69) is 6.58 Å². The molecule has 2 nitrogen and oxygen atoms in total. The third-order valence-corrected chi connectivity index (χ3v) is 2.80. The fraction of sp³-hybridized carbons (Fsp3) is 0.500. The van der Waals surface area contributed by atoms with Crippen LogP contribution < -0.4 is 0 Å². The van der Waals surface area contributed by atoms with Crippen molar-refractivity contribution in [3.8, 4) is 0 Å². The molecule has 0 radical (unpaired) electrons. The topological polar surface area (TPSA) is 20.3 Å². The Morgan fingerprint density at radius 1 is 1.89 bits per heavy atom. The lowest BCUT2D eigenvalue weighted by molar-refractivity contribution is -0.125. The van der Waals surface area contributed by atoms with E-state index >= 15 is 0 Å². The van der Waals surface area contributed by atoms with Crippen LogP contribution in [0.15, 0.2) is 12.8 Å². The summed E-state index contributed by atoms with van der Waals surface area (Å²) in [5.74, 6) is 0.275. The van der Waals surface area contributed by atoms with Crippen LogP contribution in [0.2, 0.25) is 5.54 Å². The van der Waals surface area contributed by atoms with Crippen molar-refractivity contribution in [3.63, 3.8) is 0 Å². The third kappa shape index (κ3) is 1.05. The zero-order valence-corrected chi connectivity index (χ0v) is 7.63. The molecule has 0 bridgehead atoms. The smallest absolute Gasteiger partial charge is 0.225 e. The second kappa shape index (κ2) is 2.35. The molecular formula is C6H11NOSi. The lowest BCUT2D eigenvalue weighted by Gasteiger charge is -2.07. The van der Waals surface area contributed by atoms with Crippen LogP contribution in [0.25, 0.3) is 0 Å². The summed E-state index contributed by atoms with van der Waals surface area (Å²) in [6, 6.07) is 0. The lowest BCUT2D eigenvalue weighted by atomic mass is 10.4. The van der Waals surface area contributed by atoms with Crippen LogP contribution in [0.1, 0.15) is 6.42 Å². The minimum Gasteiger partial charge on any atom is -0.320 e. The van der Waals surface area contributed by atoms with Crippen molar-refractivity contribution in [1.82, 2.24) is 4.90 Å². The number of carbonyl (C=O) groups excluding carboxylic acids is 1. The first-order valence-corrected chi connectivity index (χ1v) is 4.34. The third-order valence-electron chi connectivity index (χ3n) is 1.73. The van der Waals surface area contributed by atoms with Gasteiger partial charge in [-0.1, -0.05) is 6.58 Å². The molecule has 1 aliphatic heterocycles. The average molecular weight is 141 g/mol. The van der Waals surface area contributed by atoms with Crippen LogP contribution in [0.4, 0.5) is 0 Å². The Bertz CT molecular complexity index is 146. The maximum absolute atomic E-state index is 11.0. The normalized spacial score (nSPS) is 27.3. The summed E-state index contributed by atoms with van der Waals surface area (Å²) in [5, 5.41) is 0. The van der Waals surface area contributed by atoms with Gasteiger partial charge in [-0.25, -0.2) is 0 Å². The standard InChI is InChI=1S/C6H11NOSi/c1-2-7-4-3-5(9)6(7)8/h2,5H,1,3-4H2,9H3. The van der Waals surface area contributed by atoms with Gasteiger partial charge in [0.1, 0.15) is 0 Å². The van der Waals surface area contributed by atoms with Crippen molar-refractivity contribution < 1.29 is 4.79 Å². The highest BCUT2D eigenvalue weighted by molar-refractivity contribution is 6.24. The largest absolute Gasteiger partial charge is 0.320 e. The van der Waals surface area contributed by atoms with Crippen LogP contribution in [0.5, 0.6) is 0 Å². The summed E-state index contributed by atoms with van der Waals surface area (Å²) in [6.07, 6.45) is 2.66. The zero-order valence-electron chi connectivity index (χ0n) is 5.63. The second-order valence-electron chi connectivity index (χ2n) is 2.40. The van der Waals surface area contributed by atoms with Gasteiger partial charge < -0.3 is 4.90 Å². The Morgan fingerprint density at radius 2 is 2.56 bits per heavy atom. The molecule has 1 fully saturated rings. The Hall–Kier alpha value is -0.573. The van der Waals surface area contributed by atoms with Gasteiger partial charge in [-0.3, -0.25) is 4.79 Å². The highest BCUT2D eigenvalue weighted by Crippen LogP contribution is 2.19. The molecule has 0 spiro atoms. The van der Waals surface area contributed by atoms with E-state index in [1.807, 2.05) is 0 Å². The molecule has 0 aliphatic carbocycles. The molecule has 1 amide bonds. The minimum absolute atomic E-state index is 0.275. The van der Waals surface area contributed by atoms with Crippen LogP contribution >= 0.6 is 0 Å². The number of hydrogen-bond donors (Lipinski definition) is 0. The van der Waals surface area contributed by atoms with Gasteiger partial charge >= 0.3 is 0 Å². The van der Waals surface area contributed by atoms with E-state index in [0.717, 1.165) is 23.2 Å². The Labute approximate surface area is 58.0 Å². The number of carbonyl (C=O) groups is 1. The van der Waals surface area contributed by atoms with Gasteiger partial charge in [0, 0.05) is 22.3 Å². The van der Waals surface area contributed by atoms with Gasteiger partial charge in [-0.05, 0) is 12.6 Å². The van der Waals surface area contributed by atoms with Crippen LogP contribution in [-0.4, -0.2) is 27.6 Å². The molecular weight excluding hydrogens is 130 g/mol. The molecule has 1 saturated heterocycles. The number of hydrogen-bond acceptors (Lipinski definition) is 1. The molecule has 1 heterocycles. The van der Waals surface area contributed by atoms with E-state index in [1.165, 1.54) is 0 Å². The van der Waals surface area contributed by atoms with Gasteiger partial charge in [-0.15, -0.1) is 0 Å². The van der Waals surface area contributed by atoms with E-state index in [0.29, 0.717) is 5.54 Å². The Kier molecular flexibility index (Phi) is 1.71. The number of rotatable bonds is 1. The van der Waals surface area contributed by atoms with Gasteiger partial charge in [0.05, 0.1) is 0 Å². The van der Waals surface area contributed by atoms with Crippen molar-refractivity contribution in [1.29, 1.82) is 0 Å². The Morgan fingerprint density at radius 3 is 2.78 bits per heavy atom. The maximum atomic E-state index is 11.0. The lowest BCUT2D eigenvalue weighted by Crippen LogP contribution is -2.18. The van der Waals surface area contributed by atoms with E-state index in [4.69, 9.17) is 0 Å². The highest BCUT2D eigenvalue weighted by atomic mass is 28.1. The number of likely N-dealkylation sites (tertiary alicyclic amines) is 1. The first-order valence-electron chi connectivity index (χ1n) is 3.18. The summed E-state index contributed by atoms with van der Waals surface area (Å²) < 4.78 is 0. The van der Waals surface area contributed by atoms with Crippen molar-refractivity contribution in [2.45, 2.75) is 12.0 Å². The van der Waals surface area contributed by atoms with E-state index < -0.39 is 0 Å². The molecule has 1 unspecified atom stereocenters. The zero-order chi connectivity index (χ0) is 6.85. The number of nitrogens with zero attached hydrogens (tertiary/aromatic N) is 1. The molecule has 1 rings (SSSR count). The second-order valence-corrected chi connectivity index (χ2v) is 3.80. The summed E-state index contributed by atoms with van der Waals surface area (Å²) in [5.41, 5.74) is 0.350. The highest BCUT2D eigenvalue weighted by Gasteiger charge is 2.25. The Balaban J connectivity index is 2.61. The number of amides is 1. The molecule has 0 aromatic rings. The van der Waals surface area contributed by atoms with Gasteiger partial charge in [-0.2, -0.15) is 0 Å². The maximum Gasteiger partial charge on any atom is 0.225 e. The average Bonchev–Trinajstić information content (AvgIpc) is 2.15.